The van der Waals surface area contributed by atoms with Crippen LogP contribution >= 0.6 is 15.9 Å². The molecule has 1 aliphatic rings. The lowest BCUT2D eigenvalue weighted by atomic mass is 9.81. The molecule has 0 aromatic heterocycles. The first kappa shape index (κ1) is 6.52. The molecule has 0 aliphatic heterocycles. The molecular formula is C5H9BrO2. The van der Waals surface area contributed by atoms with Crippen LogP contribution in [0.25, 0.3) is 0 Å². The Labute approximate surface area is 56.6 Å². The van der Waals surface area contributed by atoms with E-state index in [1.54, 1.807) is 0 Å². The molecule has 48 valence electrons. The summed E-state index contributed by atoms with van der Waals surface area (Å²) >= 11 is 3.26. The van der Waals surface area contributed by atoms with Crippen LogP contribution in [0.5, 0.6) is 0 Å². The van der Waals surface area contributed by atoms with Gasteiger partial charge in [0.25, 0.3) is 0 Å². The van der Waals surface area contributed by atoms with Crippen molar-refractivity contribution in [1.82, 2.24) is 0 Å². The van der Waals surface area contributed by atoms with Crippen molar-refractivity contribution in [2.45, 2.75) is 18.6 Å². The SMILES string of the molecule is OC1(O)CC(CBr)C1. The molecule has 0 atom stereocenters. The quantitative estimate of drug-likeness (QED) is 0.456. The average Bonchev–Trinajstić information content (AvgIpc) is 1.60. The van der Waals surface area contributed by atoms with Gasteiger partial charge in [-0.1, -0.05) is 15.9 Å². The highest BCUT2D eigenvalue weighted by atomic mass is 79.9. The molecule has 0 aromatic rings. The van der Waals surface area contributed by atoms with Crippen molar-refractivity contribution in [2.24, 2.45) is 5.92 Å². The van der Waals surface area contributed by atoms with E-state index in [1.165, 1.54) is 0 Å². The maximum Gasteiger partial charge on any atom is 0.163 e. The van der Waals surface area contributed by atoms with E-state index < -0.39 is 5.79 Å². The zero-order valence-corrected chi connectivity index (χ0v) is 6.06. The van der Waals surface area contributed by atoms with E-state index in [0.717, 1.165) is 5.33 Å². The van der Waals surface area contributed by atoms with Gasteiger partial charge in [0.2, 0.25) is 0 Å². The maximum atomic E-state index is 8.75. The van der Waals surface area contributed by atoms with Crippen LogP contribution in [0.4, 0.5) is 0 Å². The van der Waals surface area contributed by atoms with Gasteiger partial charge in [-0.15, -0.1) is 0 Å². The minimum absolute atomic E-state index is 0.477. The van der Waals surface area contributed by atoms with E-state index in [4.69, 9.17) is 10.2 Å². The molecule has 8 heavy (non-hydrogen) atoms. The summed E-state index contributed by atoms with van der Waals surface area (Å²) in [5.41, 5.74) is 0. The van der Waals surface area contributed by atoms with E-state index in [-0.39, 0.29) is 0 Å². The molecule has 1 fully saturated rings. The predicted molar refractivity (Wildman–Crippen MR) is 33.7 cm³/mol. The molecule has 0 heterocycles. The molecule has 0 aromatic carbocycles. The van der Waals surface area contributed by atoms with Gasteiger partial charge in [0, 0.05) is 18.2 Å². The fraction of sp³-hybridized carbons (Fsp3) is 1.00. The Balaban J connectivity index is 2.21. The van der Waals surface area contributed by atoms with Crippen molar-refractivity contribution >= 4 is 15.9 Å². The number of hydrogen-bond donors (Lipinski definition) is 2. The summed E-state index contributed by atoms with van der Waals surface area (Å²) in [6.45, 7) is 0. The molecule has 1 saturated carbocycles. The topological polar surface area (TPSA) is 40.5 Å². The highest BCUT2D eigenvalue weighted by Crippen LogP contribution is 2.36. The summed E-state index contributed by atoms with van der Waals surface area (Å²) in [7, 11) is 0. The van der Waals surface area contributed by atoms with Crippen molar-refractivity contribution < 1.29 is 10.2 Å². The van der Waals surface area contributed by atoms with Gasteiger partial charge in [-0.05, 0) is 5.92 Å². The molecule has 0 amide bonds. The fourth-order valence-corrected chi connectivity index (χ4v) is 1.43. The van der Waals surface area contributed by atoms with Gasteiger partial charge in [0.1, 0.15) is 0 Å². The summed E-state index contributed by atoms with van der Waals surface area (Å²) in [5.74, 6) is -0.858. The molecule has 1 aliphatic carbocycles. The number of alkyl halides is 1. The highest BCUT2D eigenvalue weighted by Gasteiger charge is 2.39. The largest absolute Gasteiger partial charge is 0.366 e. The smallest absolute Gasteiger partial charge is 0.163 e. The molecule has 0 unspecified atom stereocenters. The van der Waals surface area contributed by atoms with Crippen LogP contribution in [-0.4, -0.2) is 21.3 Å². The first-order valence-electron chi connectivity index (χ1n) is 2.65. The normalized spacial score (nSPS) is 27.4. The van der Waals surface area contributed by atoms with Crippen molar-refractivity contribution in [3.63, 3.8) is 0 Å². The van der Waals surface area contributed by atoms with E-state index in [1.807, 2.05) is 0 Å². The lowest BCUT2D eigenvalue weighted by Gasteiger charge is -2.37. The minimum Gasteiger partial charge on any atom is -0.366 e. The Morgan fingerprint density at radius 1 is 1.50 bits per heavy atom. The molecule has 0 bridgehead atoms. The van der Waals surface area contributed by atoms with Crippen LogP contribution in [0.15, 0.2) is 0 Å². The number of aliphatic hydroxyl groups is 2. The third kappa shape index (κ3) is 1.21. The zero-order valence-electron chi connectivity index (χ0n) is 4.47. The number of halogens is 1. The van der Waals surface area contributed by atoms with E-state index in [0.29, 0.717) is 18.8 Å². The third-order valence-electron chi connectivity index (χ3n) is 1.45. The lowest BCUT2D eigenvalue weighted by Crippen LogP contribution is -2.44. The summed E-state index contributed by atoms with van der Waals surface area (Å²) in [6, 6.07) is 0. The van der Waals surface area contributed by atoms with Crippen molar-refractivity contribution in [2.75, 3.05) is 5.33 Å². The summed E-state index contributed by atoms with van der Waals surface area (Å²) < 4.78 is 0. The van der Waals surface area contributed by atoms with E-state index in [2.05, 4.69) is 15.9 Å². The summed E-state index contributed by atoms with van der Waals surface area (Å²) in [6.07, 6.45) is 1.05. The standard InChI is InChI=1S/C5H9BrO2/c6-3-4-1-5(7,8)2-4/h4,7-8H,1-3H2. The number of hydrogen-bond acceptors (Lipinski definition) is 2. The Morgan fingerprint density at radius 2 is 2.00 bits per heavy atom. The van der Waals surface area contributed by atoms with Crippen molar-refractivity contribution in [1.29, 1.82) is 0 Å². The minimum atomic E-state index is -1.33. The molecule has 2 nitrogen and oxygen atoms in total. The molecule has 1 rings (SSSR count). The van der Waals surface area contributed by atoms with Gasteiger partial charge < -0.3 is 10.2 Å². The maximum absolute atomic E-state index is 8.75. The molecule has 0 saturated heterocycles. The zero-order chi connectivity index (χ0) is 6.20. The molecule has 0 spiro atoms. The van der Waals surface area contributed by atoms with Crippen LogP contribution in [0, 0.1) is 5.92 Å². The van der Waals surface area contributed by atoms with Crippen molar-refractivity contribution in [3.05, 3.63) is 0 Å². The third-order valence-corrected chi connectivity index (χ3v) is 2.37. The first-order valence-corrected chi connectivity index (χ1v) is 3.77. The molecule has 2 N–H and O–H groups in total. The Kier molecular flexibility index (Phi) is 1.61. The van der Waals surface area contributed by atoms with E-state index in [9.17, 15) is 0 Å². The second-order valence-electron chi connectivity index (χ2n) is 2.41. The summed E-state index contributed by atoms with van der Waals surface area (Å²) in [4.78, 5) is 0. The lowest BCUT2D eigenvalue weighted by molar-refractivity contribution is -0.230. The second-order valence-corrected chi connectivity index (χ2v) is 3.06. The molecule has 3 heteroatoms. The Morgan fingerprint density at radius 3 is 2.12 bits per heavy atom. The second kappa shape index (κ2) is 1.97. The van der Waals surface area contributed by atoms with Crippen molar-refractivity contribution in [3.8, 4) is 0 Å². The van der Waals surface area contributed by atoms with Gasteiger partial charge in [-0.3, -0.25) is 0 Å². The highest BCUT2D eigenvalue weighted by molar-refractivity contribution is 9.09. The monoisotopic (exact) mass is 180 g/mol. The van der Waals surface area contributed by atoms with Gasteiger partial charge in [0.05, 0.1) is 0 Å². The Hall–Kier alpha value is 0.400. The van der Waals surface area contributed by atoms with Crippen LogP contribution in [0.1, 0.15) is 12.8 Å². The Bertz CT molecular complexity index is 84.4. The van der Waals surface area contributed by atoms with Crippen LogP contribution in [0.2, 0.25) is 0 Å². The molecule has 0 radical (unpaired) electrons. The summed E-state index contributed by atoms with van der Waals surface area (Å²) in [5, 5.41) is 18.4. The van der Waals surface area contributed by atoms with Gasteiger partial charge in [-0.2, -0.15) is 0 Å². The van der Waals surface area contributed by atoms with Gasteiger partial charge in [0.15, 0.2) is 5.79 Å². The molecular weight excluding hydrogens is 172 g/mol. The average molecular weight is 181 g/mol. The van der Waals surface area contributed by atoms with E-state index >= 15 is 0 Å². The van der Waals surface area contributed by atoms with Crippen LogP contribution in [-0.2, 0) is 0 Å². The fourth-order valence-electron chi connectivity index (χ4n) is 0.974. The first-order chi connectivity index (χ1) is 3.64. The van der Waals surface area contributed by atoms with Gasteiger partial charge >= 0.3 is 0 Å². The predicted octanol–water partition coefficient (Wildman–Crippen LogP) is 0.472. The van der Waals surface area contributed by atoms with Crippen LogP contribution < -0.4 is 0 Å². The number of rotatable bonds is 1. The van der Waals surface area contributed by atoms with Gasteiger partial charge in [-0.25, -0.2) is 0 Å². The van der Waals surface area contributed by atoms with Crippen LogP contribution in [0.3, 0.4) is 0 Å².